The average molecular weight is 442 g/mol. The minimum Gasteiger partial charge on any atom is -0.303 e. The minimum absolute atomic E-state index is 0.0960. The number of rotatable bonds is 4. The first kappa shape index (κ1) is 21.2. The van der Waals surface area contributed by atoms with Crippen LogP contribution in [-0.4, -0.2) is 26.6 Å². The second kappa shape index (κ2) is 7.88. The van der Waals surface area contributed by atoms with Crippen LogP contribution in [0.1, 0.15) is 22.4 Å². The predicted octanol–water partition coefficient (Wildman–Crippen LogP) is 3.59. The molecule has 0 spiro atoms. The number of H-pyrrole nitrogens is 1. The van der Waals surface area contributed by atoms with E-state index in [1.165, 1.54) is 22.9 Å². The van der Waals surface area contributed by atoms with E-state index in [2.05, 4.69) is 10.4 Å². The maximum atomic E-state index is 12.8. The van der Waals surface area contributed by atoms with Gasteiger partial charge in [-0.3, -0.25) is 19.6 Å². The van der Waals surface area contributed by atoms with Gasteiger partial charge in [-0.2, -0.15) is 13.2 Å². The number of urea groups is 1. The highest BCUT2D eigenvalue weighted by atomic mass is 19.4. The Morgan fingerprint density at radius 2 is 1.62 bits per heavy atom. The van der Waals surface area contributed by atoms with Gasteiger partial charge in [0.25, 0.3) is 11.5 Å². The Labute approximate surface area is 179 Å². The fraction of sp³-hybridized carbons (Fsp3) is 0.136. The second-order valence-electron chi connectivity index (χ2n) is 7.20. The predicted molar refractivity (Wildman–Crippen MR) is 110 cm³/mol. The minimum atomic E-state index is -4.48. The number of aryl methyl sites for hydroxylation is 1. The van der Waals surface area contributed by atoms with E-state index in [-0.39, 0.29) is 17.8 Å². The summed E-state index contributed by atoms with van der Waals surface area (Å²) in [7, 11) is 0. The van der Waals surface area contributed by atoms with Crippen LogP contribution in [0.15, 0.2) is 65.1 Å². The van der Waals surface area contributed by atoms with Gasteiger partial charge < -0.3 is 5.32 Å². The van der Waals surface area contributed by atoms with Crippen LogP contribution in [0, 0.1) is 6.92 Å². The number of hydrogen-bond acceptors (Lipinski definition) is 3. The molecule has 1 saturated heterocycles. The number of amides is 3. The van der Waals surface area contributed by atoms with Crippen LogP contribution in [0.3, 0.4) is 0 Å². The molecule has 3 amide bonds. The zero-order chi connectivity index (χ0) is 23.0. The SMILES string of the molecule is Cc1[nH]n(-c2ccccc2)c(=O)c1C=C1NC(=O)N(Cc2ccc(C(F)(F)F)cc2)C1=O. The molecule has 1 aliphatic rings. The van der Waals surface area contributed by atoms with E-state index in [1.807, 2.05) is 6.07 Å². The van der Waals surface area contributed by atoms with Gasteiger partial charge in [-0.05, 0) is 42.8 Å². The number of carbonyl (C=O) groups is 2. The fourth-order valence-corrected chi connectivity index (χ4v) is 3.33. The molecule has 0 saturated carbocycles. The van der Waals surface area contributed by atoms with Crippen LogP contribution in [0.2, 0.25) is 0 Å². The first-order valence-electron chi connectivity index (χ1n) is 9.53. The maximum Gasteiger partial charge on any atom is 0.416 e. The first-order chi connectivity index (χ1) is 15.1. The number of para-hydroxylation sites is 1. The van der Waals surface area contributed by atoms with Gasteiger partial charge in [-0.1, -0.05) is 30.3 Å². The van der Waals surface area contributed by atoms with Crippen LogP contribution < -0.4 is 10.9 Å². The van der Waals surface area contributed by atoms with Gasteiger partial charge in [0.05, 0.1) is 23.4 Å². The van der Waals surface area contributed by atoms with Crippen molar-refractivity contribution in [2.45, 2.75) is 19.6 Å². The van der Waals surface area contributed by atoms with Crippen molar-refractivity contribution in [2.75, 3.05) is 0 Å². The van der Waals surface area contributed by atoms with E-state index in [0.717, 1.165) is 17.0 Å². The third-order valence-corrected chi connectivity index (χ3v) is 5.00. The molecular weight excluding hydrogens is 425 g/mol. The largest absolute Gasteiger partial charge is 0.416 e. The van der Waals surface area contributed by atoms with Gasteiger partial charge in [0, 0.05) is 5.69 Å². The summed E-state index contributed by atoms with van der Waals surface area (Å²) >= 11 is 0. The Morgan fingerprint density at radius 3 is 2.25 bits per heavy atom. The molecule has 0 unspecified atom stereocenters. The molecule has 0 bridgehead atoms. The first-order valence-corrected chi connectivity index (χ1v) is 9.53. The Bertz CT molecular complexity index is 1270. The summed E-state index contributed by atoms with van der Waals surface area (Å²) in [6.07, 6.45) is -3.18. The lowest BCUT2D eigenvalue weighted by molar-refractivity contribution is -0.137. The molecule has 4 rings (SSSR count). The highest BCUT2D eigenvalue weighted by Gasteiger charge is 2.34. The van der Waals surface area contributed by atoms with Crippen molar-refractivity contribution in [2.24, 2.45) is 0 Å². The molecule has 1 fully saturated rings. The number of nitrogens with one attached hydrogen (secondary N) is 2. The molecule has 2 heterocycles. The topological polar surface area (TPSA) is 87.2 Å². The van der Waals surface area contributed by atoms with Crippen molar-refractivity contribution < 1.29 is 22.8 Å². The van der Waals surface area contributed by atoms with Crippen LogP contribution in [0.25, 0.3) is 11.8 Å². The lowest BCUT2D eigenvalue weighted by Crippen LogP contribution is -2.30. The number of imide groups is 1. The molecule has 10 heteroatoms. The fourth-order valence-electron chi connectivity index (χ4n) is 3.33. The Hall–Kier alpha value is -4.08. The van der Waals surface area contributed by atoms with Gasteiger partial charge in [-0.15, -0.1) is 0 Å². The molecule has 1 aromatic heterocycles. The Kier molecular flexibility index (Phi) is 5.21. The van der Waals surface area contributed by atoms with Crippen molar-refractivity contribution in [1.82, 2.24) is 20.0 Å². The number of aromatic amines is 1. The highest BCUT2D eigenvalue weighted by Crippen LogP contribution is 2.29. The van der Waals surface area contributed by atoms with Crippen molar-refractivity contribution in [3.63, 3.8) is 0 Å². The molecule has 2 aromatic carbocycles. The van der Waals surface area contributed by atoms with E-state index < -0.39 is 29.2 Å². The van der Waals surface area contributed by atoms with E-state index in [1.54, 1.807) is 31.2 Å². The lowest BCUT2D eigenvalue weighted by Gasteiger charge is -2.13. The number of benzene rings is 2. The number of nitrogens with zero attached hydrogens (tertiary/aromatic N) is 2. The number of carbonyl (C=O) groups excluding carboxylic acids is 2. The summed E-state index contributed by atoms with van der Waals surface area (Å²) in [5, 5.41) is 5.35. The van der Waals surface area contributed by atoms with Crippen molar-refractivity contribution in [3.8, 4) is 5.69 Å². The summed E-state index contributed by atoms with van der Waals surface area (Å²) in [6.45, 7) is 1.45. The van der Waals surface area contributed by atoms with Gasteiger partial charge >= 0.3 is 12.2 Å². The molecule has 0 aliphatic carbocycles. The smallest absolute Gasteiger partial charge is 0.303 e. The normalized spacial score (nSPS) is 15.5. The number of alkyl halides is 3. The van der Waals surface area contributed by atoms with Gasteiger partial charge in [0.1, 0.15) is 5.70 Å². The Balaban J connectivity index is 1.58. The summed E-state index contributed by atoms with van der Waals surface area (Å²) in [5.74, 6) is -0.679. The van der Waals surface area contributed by atoms with Crippen LogP contribution in [0.5, 0.6) is 0 Å². The average Bonchev–Trinajstić information content (AvgIpc) is 3.19. The van der Waals surface area contributed by atoms with E-state index in [0.29, 0.717) is 16.9 Å². The molecule has 2 N–H and O–H groups in total. The standard InChI is InChI=1S/C22H17F3N4O3/c1-13-17(19(30)29(27-13)16-5-3-2-4-6-16)11-18-20(31)28(21(32)26-18)12-14-7-9-15(10-8-14)22(23,24)25/h2-11,27H,12H2,1H3,(H,26,32). The van der Waals surface area contributed by atoms with Crippen LogP contribution in [0.4, 0.5) is 18.0 Å². The molecular formula is C22H17F3N4O3. The number of hydrogen-bond donors (Lipinski definition) is 2. The highest BCUT2D eigenvalue weighted by molar-refractivity contribution is 6.13. The molecule has 7 nitrogen and oxygen atoms in total. The molecule has 3 aromatic rings. The van der Waals surface area contributed by atoms with Crippen LogP contribution >= 0.6 is 0 Å². The van der Waals surface area contributed by atoms with Crippen molar-refractivity contribution in [1.29, 1.82) is 0 Å². The lowest BCUT2D eigenvalue weighted by atomic mass is 10.1. The van der Waals surface area contributed by atoms with E-state index in [9.17, 15) is 27.6 Å². The van der Waals surface area contributed by atoms with E-state index >= 15 is 0 Å². The zero-order valence-corrected chi connectivity index (χ0v) is 16.7. The third kappa shape index (κ3) is 3.94. The molecule has 0 radical (unpaired) electrons. The molecule has 32 heavy (non-hydrogen) atoms. The molecule has 164 valence electrons. The van der Waals surface area contributed by atoms with Crippen molar-refractivity contribution in [3.05, 3.63) is 93.0 Å². The summed E-state index contributed by atoms with van der Waals surface area (Å²) in [6, 6.07) is 12.3. The van der Waals surface area contributed by atoms with Crippen LogP contribution in [-0.2, 0) is 17.5 Å². The monoisotopic (exact) mass is 442 g/mol. The van der Waals surface area contributed by atoms with Gasteiger partial charge in [-0.25, -0.2) is 9.48 Å². The quantitative estimate of drug-likeness (QED) is 0.478. The van der Waals surface area contributed by atoms with Gasteiger partial charge in [0.15, 0.2) is 0 Å². The van der Waals surface area contributed by atoms with Crippen molar-refractivity contribution >= 4 is 18.0 Å². The zero-order valence-electron chi connectivity index (χ0n) is 16.7. The number of aromatic nitrogens is 2. The van der Waals surface area contributed by atoms with E-state index in [4.69, 9.17) is 0 Å². The maximum absolute atomic E-state index is 12.8. The Morgan fingerprint density at radius 1 is 0.969 bits per heavy atom. The second-order valence-corrected chi connectivity index (χ2v) is 7.20. The summed E-state index contributed by atoms with van der Waals surface area (Å²) in [5.41, 5.74) is 0.342. The summed E-state index contributed by atoms with van der Waals surface area (Å²) in [4.78, 5) is 38.7. The molecule has 1 aliphatic heterocycles. The third-order valence-electron chi connectivity index (χ3n) is 5.00. The molecule has 0 atom stereocenters. The number of halogens is 3. The van der Waals surface area contributed by atoms with Gasteiger partial charge in [0.2, 0.25) is 0 Å². The summed E-state index contributed by atoms with van der Waals surface area (Å²) < 4.78 is 39.5.